The number of aliphatic imine (C=N–C) groups is 1. The fourth-order valence-electron chi connectivity index (χ4n) is 2.88. The fourth-order valence-corrected chi connectivity index (χ4v) is 2.88. The quantitative estimate of drug-likeness (QED) is 0.577. The number of benzene rings is 2. The minimum atomic E-state index is 0. The van der Waals surface area contributed by atoms with Crippen molar-refractivity contribution in [3.63, 3.8) is 0 Å². The maximum atomic E-state index is 5.72. The van der Waals surface area contributed by atoms with E-state index in [0.717, 1.165) is 49.6 Å². The Morgan fingerprint density at radius 2 is 1.78 bits per heavy atom. The summed E-state index contributed by atoms with van der Waals surface area (Å²) in [6, 6.07) is 16.7. The lowest BCUT2D eigenvalue weighted by Crippen LogP contribution is -2.20. The van der Waals surface area contributed by atoms with E-state index in [4.69, 9.17) is 9.73 Å². The van der Waals surface area contributed by atoms with Crippen LogP contribution in [0.4, 0.5) is 5.69 Å². The summed E-state index contributed by atoms with van der Waals surface area (Å²) in [6.45, 7) is 4.71. The highest BCUT2D eigenvalue weighted by Crippen LogP contribution is 2.23. The smallest absolute Gasteiger partial charge is 0.119 e. The number of hydrogen-bond acceptors (Lipinski definition) is 3. The van der Waals surface area contributed by atoms with Crippen LogP contribution < -0.4 is 9.64 Å². The van der Waals surface area contributed by atoms with Crippen LogP contribution in [0, 0.1) is 0 Å². The molecule has 3 rings (SSSR count). The van der Waals surface area contributed by atoms with E-state index in [1.807, 2.05) is 12.1 Å². The van der Waals surface area contributed by atoms with Gasteiger partial charge in [-0.2, -0.15) is 0 Å². The SMILES string of the molecule is CCCCOc1ccc(/C=C/C2=NCCN(C)c3ccccc32)cc1.Cl.Cl. The molecular weight excluding hydrogens is 379 g/mol. The molecule has 0 aliphatic carbocycles. The Morgan fingerprint density at radius 1 is 1.04 bits per heavy atom. The van der Waals surface area contributed by atoms with Crippen LogP contribution in [0.25, 0.3) is 6.08 Å². The van der Waals surface area contributed by atoms with Gasteiger partial charge in [0.1, 0.15) is 5.75 Å². The highest BCUT2D eigenvalue weighted by atomic mass is 35.5. The Labute approximate surface area is 175 Å². The Balaban J connectivity index is 0.00000182. The lowest BCUT2D eigenvalue weighted by molar-refractivity contribution is 0.309. The number of fused-ring (bicyclic) bond motifs is 1. The molecule has 0 bridgehead atoms. The second-order valence-electron chi connectivity index (χ2n) is 6.31. The van der Waals surface area contributed by atoms with Crippen molar-refractivity contribution in [2.75, 3.05) is 31.6 Å². The summed E-state index contributed by atoms with van der Waals surface area (Å²) in [6.07, 6.45) is 6.48. The number of hydrogen-bond donors (Lipinski definition) is 0. The summed E-state index contributed by atoms with van der Waals surface area (Å²) in [5.41, 5.74) is 4.63. The topological polar surface area (TPSA) is 24.8 Å². The van der Waals surface area contributed by atoms with Gasteiger partial charge in [0.2, 0.25) is 0 Å². The monoisotopic (exact) mass is 406 g/mol. The van der Waals surface area contributed by atoms with Crippen molar-refractivity contribution in [3.05, 3.63) is 65.7 Å². The summed E-state index contributed by atoms with van der Waals surface area (Å²) in [4.78, 5) is 7.03. The van der Waals surface area contributed by atoms with Crippen LogP contribution in [0.3, 0.4) is 0 Å². The van der Waals surface area contributed by atoms with Gasteiger partial charge in [-0.3, -0.25) is 4.99 Å². The standard InChI is InChI=1S/C22H26N2O.2ClH/c1-3-4-17-25-19-12-9-18(10-13-19)11-14-21-20-7-5-6-8-22(20)24(2)16-15-23-21;;/h5-14H,3-4,15-17H2,1-2H3;2*1H/b14-11+;;. The van der Waals surface area contributed by atoms with Crippen molar-refractivity contribution in [1.82, 2.24) is 0 Å². The average Bonchev–Trinajstić information content (AvgIpc) is 2.81. The summed E-state index contributed by atoms with van der Waals surface area (Å²) >= 11 is 0. The minimum absolute atomic E-state index is 0. The Morgan fingerprint density at radius 3 is 2.52 bits per heavy atom. The first-order chi connectivity index (χ1) is 12.3. The molecule has 3 nitrogen and oxygen atoms in total. The van der Waals surface area contributed by atoms with Crippen LogP contribution in [-0.4, -0.2) is 32.5 Å². The maximum Gasteiger partial charge on any atom is 0.119 e. The third kappa shape index (κ3) is 6.30. The van der Waals surface area contributed by atoms with Gasteiger partial charge in [0.05, 0.1) is 18.9 Å². The van der Waals surface area contributed by atoms with Crippen molar-refractivity contribution in [2.24, 2.45) is 4.99 Å². The number of likely N-dealkylation sites (N-methyl/N-ethyl adjacent to an activating group) is 1. The number of anilines is 1. The number of allylic oxidation sites excluding steroid dienone is 1. The molecule has 1 aliphatic rings. The van der Waals surface area contributed by atoms with Crippen molar-refractivity contribution >= 4 is 42.3 Å². The van der Waals surface area contributed by atoms with Gasteiger partial charge < -0.3 is 9.64 Å². The predicted octanol–water partition coefficient (Wildman–Crippen LogP) is 5.66. The Kier molecular flexibility index (Phi) is 9.98. The van der Waals surface area contributed by atoms with E-state index >= 15 is 0 Å². The number of halogens is 2. The molecule has 1 aliphatic heterocycles. The summed E-state index contributed by atoms with van der Waals surface area (Å²) in [5.74, 6) is 0.935. The second-order valence-corrected chi connectivity index (χ2v) is 6.31. The largest absolute Gasteiger partial charge is 0.494 e. The van der Waals surface area contributed by atoms with Crippen LogP contribution in [0.5, 0.6) is 5.75 Å². The predicted molar refractivity (Wildman–Crippen MR) is 121 cm³/mol. The Bertz CT molecular complexity index is 757. The average molecular weight is 407 g/mol. The molecule has 0 saturated carbocycles. The van der Waals surface area contributed by atoms with E-state index in [-0.39, 0.29) is 24.8 Å². The zero-order valence-corrected chi connectivity index (χ0v) is 17.6. The van der Waals surface area contributed by atoms with E-state index in [2.05, 4.69) is 67.4 Å². The minimum Gasteiger partial charge on any atom is -0.494 e. The van der Waals surface area contributed by atoms with Crippen LogP contribution in [0.2, 0.25) is 0 Å². The van der Waals surface area contributed by atoms with Gasteiger partial charge in [-0.25, -0.2) is 0 Å². The lowest BCUT2D eigenvalue weighted by Gasteiger charge is -2.18. The van der Waals surface area contributed by atoms with Gasteiger partial charge >= 0.3 is 0 Å². The maximum absolute atomic E-state index is 5.72. The number of unbranched alkanes of at least 4 members (excludes halogenated alkanes) is 1. The van der Waals surface area contributed by atoms with Crippen molar-refractivity contribution < 1.29 is 4.74 Å². The Hall–Kier alpha value is -1.97. The van der Waals surface area contributed by atoms with E-state index < -0.39 is 0 Å². The van der Waals surface area contributed by atoms with Gasteiger partial charge in [0, 0.05) is 24.8 Å². The first kappa shape index (κ1) is 23.1. The van der Waals surface area contributed by atoms with Crippen molar-refractivity contribution in [3.8, 4) is 5.75 Å². The highest BCUT2D eigenvalue weighted by molar-refractivity contribution is 6.14. The third-order valence-corrected chi connectivity index (χ3v) is 4.39. The lowest BCUT2D eigenvalue weighted by atomic mass is 10.1. The summed E-state index contributed by atoms with van der Waals surface area (Å²) in [5, 5.41) is 0. The van der Waals surface area contributed by atoms with E-state index in [9.17, 15) is 0 Å². The van der Waals surface area contributed by atoms with Crippen molar-refractivity contribution in [1.29, 1.82) is 0 Å². The van der Waals surface area contributed by atoms with E-state index in [1.165, 1.54) is 11.3 Å². The van der Waals surface area contributed by atoms with Crippen LogP contribution in [0.1, 0.15) is 30.9 Å². The summed E-state index contributed by atoms with van der Waals surface area (Å²) < 4.78 is 5.72. The molecule has 146 valence electrons. The van der Waals surface area contributed by atoms with Gasteiger partial charge in [-0.05, 0) is 36.3 Å². The first-order valence-corrected chi connectivity index (χ1v) is 9.04. The molecule has 0 aromatic heterocycles. The molecule has 27 heavy (non-hydrogen) atoms. The van der Waals surface area contributed by atoms with E-state index in [0.29, 0.717) is 0 Å². The fraction of sp³-hybridized carbons (Fsp3) is 0.318. The number of rotatable bonds is 6. The molecule has 5 heteroatoms. The first-order valence-electron chi connectivity index (χ1n) is 9.04. The highest BCUT2D eigenvalue weighted by Gasteiger charge is 2.13. The molecule has 0 fully saturated rings. The van der Waals surface area contributed by atoms with Crippen LogP contribution in [0.15, 0.2) is 59.6 Å². The molecule has 0 spiro atoms. The molecule has 0 N–H and O–H groups in total. The zero-order valence-electron chi connectivity index (χ0n) is 15.9. The second kappa shape index (κ2) is 11.7. The number of benzodiazepines with no additional fused rings is 1. The third-order valence-electron chi connectivity index (χ3n) is 4.39. The molecule has 2 aromatic carbocycles. The zero-order chi connectivity index (χ0) is 17.5. The molecule has 0 unspecified atom stereocenters. The molecule has 1 heterocycles. The van der Waals surface area contributed by atoms with Crippen LogP contribution >= 0.6 is 24.8 Å². The normalized spacial score (nSPS) is 13.1. The van der Waals surface area contributed by atoms with Gasteiger partial charge in [0.15, 0.2) is 0 Å². The molecule has 0 radical (unpaired) electrons. The molecule has 0 amide bonds. The number of ether oxygens (including phenoxy) is 1. The van der Waals surface area contributed by atoms with Crippen LogP contribution in [-0.2, 0) is 0 Å². The molecule has 2 aromatic rings. The molecule has 0 atom stereocenters. The van der Waals surface area contributed by atoms with Gasteiger partial charge in [0.25, 0.3) is 0 Å². The molecular formula is C22H28Cl2N2O. The number of nitrogens with zero attached hydrogens (tertiary/aromatic N) is 2. The number of para-hydroxylation sites is 1. The van der Waals surface area contributed by atoms with Gasteiger partial charge in [-0.1, -0.05) is 49.8 Å². The van der Waals surface area contributed by atoms with Gasteiger partial charge in [-0.15, -0.1) is 24.8 Å². The van der Waals surface area contributed by atoms with Crippen molar-refractivity contribution in [2.45, 2.75) is 19.8 Å². The van der Waals surface area contributed by atoms with E-state index in [1.54, 1.807) is 0 Å². The molecule has 0 saturated heterocycles. The summed E-state index contributed by atoms with van der Waals surface area (Å²) in [7, 11) is 2.12.